The molecule has 30 heavy (non-hydrogen) atoms. The summed E-state index contributed by atoms with van der Waals surface area (Å²) in [6.07, 6.45) is 1.74. The van der Waals surface area contributed by atoms with Crippen molar-refractivity contribution in [1.29, 1.82) is 0 Å². The Balaban J connectivity index is 1.84. The first kappa shape index (κ1) is 22.3. The lowest BCUT2D eigenvalue weighted by Gasteiger charge is -2.15. The highest BCUT2D eigenvalue weighted by atomic mass is 79.9. The predicted octanol–water partition coefficient (Wildman–Crippen LogP) is 5.28. The molecule has 1 amide bonds. The van der Waals surface area contributed by atoms with Gasteiger partial charge in [0.15, 0.2) is 17.3 Å². The fourth-order valence-electron chi connectivity index (χ4n) is 2.84. The number of carbonyl (C=O) groups is 1. The van der Waals surface area contributed by atoms with Crippen molar-refractivity contribution >= 4 is 50.9 Å². The van der Waals surface area contributed by atoms with Gasteiger partial charge in [0.25, 0.3) is 5.91 Å². The van der Waals surface area contributed by atoms with Crippen LogP contribution < -0.4 is 19.5 Å². The average molecular weight is 515 g/mol. The van der Waals surface area contributed by atoms with Gasteiger partial charge >= 0.3 is 0 Å². The Bertz CT molecular complexity index is 1090. The van der Waals surface area contributed by atoms with E-state index in [9.17, 15) is 4.79 Å². The summed E-state index contributed by atoms with van der Waals surface area (Å²) in [5, 5.41) is 8.28. The lowest BCUT2D eigenvalue weighted by Crippen LogP contribution is -2.15. The number of halogens is 3. The van der Waals surface area contributed by atoms with E-state index in [2.05, 4.69) is 26.3 Å². The number of methoxy groups -OCH3 is 3. The topological polar surface area (TPSA) is 74.6 Å². The van der Waals surface area contributed by atoms with Crippen LogP contribution >= 0.6 is 39.1 Å². The third kappa shape index (κ3) is 4.66. The Morgan fingerprint density at radius 3 is 2.47 bits per heavy atom. The lowest BCUT2D eigenvalue weighted by atomic mass is 10.1. The van der Waals surface area contributed by atoms with Gasteiger partial charge in [0.05, 0.1) is 37.9 Å². The van der Waals surface area contributed by atoms with Crippen molar-refractivity contribution in [2.24, 2.45) is 0 Å². The van der Waals surface area contributed by atoms with E-state index in [0.717, 1.165) is 5.56 Å². The van der Waals surface area contributed by atoms with Crippen LogP contribution in [-0.2, 0) is 6.54 Å². The van der Waals surface area contributed by atoms with Gasteiger partial charge < -0.3 is 19.5 Å². The van der Waals surface area contributed by atoms with Crippen molar-refractivity contribution in [2.75, 3.05) is 26.6 Å². The quantitative estimate of drug-likeness (QED) is 0.464. The van der Waals surface area contributed by atoms with Crippen LogP contribution in [0.2, 0.25) is 10.0 Å². The first-order valence-corrected chi connectivity index (χ1v) is 10.2. The number of ether oxygens (including phenoxy) is 3. The average Bonchev–Trinajstić information content (AvgIpc) is 3.07. The standard InChI is InChI=1S/C20H18BrCl2N3O4/c1-28-16-7-6-13(17(29-2)18(16)30-3)20(27)24-19-14(21)10-26(25-19)9-11-4-5-12(22)8-15(11)23/h4-8,10H,9H2,1-3H3,(H,24,25,27). The van der Waals surface area contributed by atoms with Crippen LogP contribution in [0, 0.1) is 0 Å². The first-order chi connectivity index (χ1) is 14.4. The van der Waals surface area contributed by atoms with Crippen LogP contribution in [0.25, 0.3) is 0 Å². The number of hydrogen-bond donors (Lipinski definition) is 1. The van der Waals surface area contributed by atoms with Gasteiger partial charge in [-0.2, -0.15) is 5.10 Å². The third-order valence-electron chi connectivity index (χ3n) is 4.25. The largest absolute Gasteiger partial charge is 0.493 e. The maximum atomic E-state index is 12.9. The molecule has 0 spiro atoms. The highest BCUT2D eigenvalue weighted by molar-refractivity contribution is 9.10. The molecule has 0 atom stereocenters. The van der Waals surface area contributed by atoms with Crippen molar-refractivity contribution in [1.82, 2.24) is 9.78 Å². The van der Waals surface area contributed by atoms with Gasteiger partial charge in [0.2, 0.25) is 5.75 Å². The number of aromatic nitrogens is 2. The van der Waals surface area contributed by atoms with E-state index in [-0.39, 0.29) is 11.3 Å². The molecule has 0 radical (unpaired) electrons. The number of benzene rings is 2. The molecule has 0 bridgehead atoms. The molecule has 1 aromatic heterocycles. The first-order valence-electron chi connectivity index (χ1n) is 8.65. The Labute approximate surface area is 192 Å². The summed E-state index contributed by atoms with van der Waals surface area (Å²) < 4.78 is 18.2. The van der Waals surface area contributed by atoms with Gasteiger partial charge in [0, 0.05) is 16.2 Å². The predicted molar refractivity (Wildman–Crippen MR) is 120 cm³/mol. The van der Waals surface area contributed by atoms with Crippen LogP contribution in [0.4, 0.5) is 5.82 Å². The van der Waals surface area contributed by atoms with E-state index < -0.39 is 5.91 Å². The molecule has 0 saturated carbocycles. The van der Waals surface area contributed by atoms with Gasteiger partial charge in [-0.05, 0) is 45.8 Å². The van der Waals surface area contributed by atoms with E-state index in [0.29, 0.717) is 38.4 Å². The lowest BCUT2D eigenvalue weighted by molar-refractivity contribution is 0.102. The van der Waals surface area contributed by atoms with Crippen molar-refractivity contribution in [3.63, 3.8) is 0 Å². The number of hydrogen-bond acceptors (Lipinski definition) is 5. The summed E-state index contributed by atoms with van der Waals surface area (Å²) >= 11 is 15.6. The molecule has 0 aliphatic carbocycles. The fourth-order valence-corrected chi connectivity index (χ4v) is 3.73. The number of amides is 1. The molecule has 3 rings (SSSR count). The van der Waals surface area contributed by atoms with Gasteiger partial charge in [-0.3, -0.25) is 9.48 Å². The van der Waals surface area contributed by atoms with Crippen LogP contribution in [-0.4, -0.2) is 37.0 Å². The zero-order chi connectivity index (χ0) is 21.8. The number of anilines is 1. The second-order valence-electron chi connectivity index (χ2n) is 6.09. The smallest absolute Gasteiger partial charge is 0.260 e. The number of nitrogens with zero attached hydrogens (tertiary/aromatic N) is 2. The Hall–Kier alpha value is -2.42. The van der Waals surface area contributed by atoms with Crippen molar-refractivity contribution < 1.29 is 19.0 Å². The summed E-state index contributed by atoms with van der Waals surface area (Å²) in [5.74, 6) is 0.980. The number of nitrogens with one attached hydrogen (secondary N) is 1. The summed E-state index contributed by atoms with van der Waals surface area (Å²) in [6.45, 7) is 0.407. The summed E-state index contributed by atoms with van der Waals surface area (Å²) in [5.41, 5.74) is 1.12. The van der Waals surface area contributed by atoms with Gasteiger partial charge in [-0.15, -0.1) is 0 Å². The summed E-state index contributed by atoms with van der Waals surface area (Å²) in [7, 11) is 4.44. The second-order valence-corrected chi connectivity index (χ2v) is 7.79. The second kappa shape index (κ2) is 9.59. The maximum Gasteiger partial charge on any atom is 0.260 e. The van der Waals surface area contributed by atoms with Crippen LogP contribution in [0.3, 0.4) is 0 Å². The zero-order valence-electron chi connectivity index (χ0n) is 16.3. The third-order valence-corrected chi connectivity index (χ3v) is 5.41. The number of carbonyl (C=O) groups excluding carboxylic acids is 1. The van der Waals surface area contributed by atoms with Crippen molar-refractivity contribution in [3.05, 3.63) is 62.2 Å². The zero-order valence-corrected chi connectivity index (χ0v) is 19.4. The normalized spacial score (nSPS) is 10.6. The minimum absolute atomic E-state index is 0.262. The van der Waals surface area contributed by atoms with E-state index in [1.54, 1.807) is 35.1 Å². The summed E-state index contributed by atoms with van der Waals surface area (Å²) in [6, 6.07) is 8.48. The van der Waals surface area contributed by atoms with E-state index >= 15 is 0 Å². The Kier molecular flexibility index (Phi) is 7.12. The molecule has 0 saturated heterocycles. The van der Waals surface area contributed by atoms with E-state index in [1.165, 1.54) is 21.3 Å². The monoisotopic (exact) mass is 513 g/mol. The molecular weight excluding hydrogens is 497 g/mol. The van der Waals surface area contributed by atoms with Crippen LogP contribution in [0.1, 0.15) is 15.9 Å². The molecule has 7 nitrogen and oxygen atoms in total. The molecule has 1 N–H and O–H groups in total. The van der Waals surface area contributed by atoms with Gasteiger partial charge in [-0.25, -0.2) is 0 Å². The highest BCUT2D eigenvalue weighted by Gasteiger charge is 2.22. The molecule has 1 heterocycles. The molecule has 2 aromatic carbocycles. The molecule has 0 aliphatic heterocycles. The summed E-state index contributed by atoms with van der Waals surface area (Å²) in [4.78, 5) is 12.9. The molecule has 0 aliphatic rings. The molecule has 158 valence electrons. The van der Waals surface area contributed by atoms with Crippen molar-refractivity contribution in [3.8, 4) is 17.2 Å². The van der Waals surface area contributed by atoms with Gasteiger partial charge in [-0.1, -0.05) is 29.3 Å². The molecule has 10 heteroatoms. The molecule has 0 fully saturated rings. The van der Waals surface area contributed by atoms with Crippen LogP contribution in [0.15, 0.2) is 41.0 Å². The van der Waals surface area contributed by atoms with E-state index in [4.69, 9.17) is 37.4 Å². The van der Waals surface area contributed by atoms with Gasteiger partial charge in [0.1, 0.15) is 0 Å². The minimum atomic E-state index is -0.414. The molecule has 0 unspecified atom stereocenters. The van der Waals surface area contributed by atoms with E-state index in [1.807, 2.05) is 6.07 Å². The molecule has 3 aromatic rings. The highest BCUT2D eigenvalue weighted by Crippen LogP contribution is 2.40. The Morgan fingerprint density at radius 2 is 1.83 bits per heavy atom. The SMILES string of the molecule is COc1ccc(C(=O)Nc2nn(Cc3ccc(Cl)cc3Cl)cc2Br)c(OC)c1OC. The number of rotatable bonds is 7. The maximum absolute atomic E-state index is 12.9. The molecular formula is C20H18BrCl2N3O4. The fraction of sp³-hybridized carbons (Fsp3) is 0.200. The van der Waals surface area contributed by atoms with Crippen LogP contribution in [0.5, 0.6) is 17.2 Å². The Morgan fingerprint density at radius 1 is 1.10 bits per heavy atom. The van der Waals surface area contributed by atoms with Crippen molar-refractivity contribution in [2.45, 2.75) is 6.54 Å². The minimum Gasteiger partial charge on any atom is -0.493 e.